The molecule has 0 unspecified atom stereocenters. The minimum absolute atomic E-state index is 0.0204. The van der Waals surface area contributed by atoms with E-state index in [-0.39, 0.29) is 30.5 Å². The highest BCUT2D eigenvalue weighted by Gasteiger charge is 2.29. The first-order valence-corrected chi connectivity index (χ1v) is 6.86. The van der Waals surface area contributed by atoms with Gasteiger partial charge >= 0.3 is 11.9 Å². The van der Waals surface area contributed by atoms with Crippen LogP contribution in [0.1, 0.15) is 19.4 Å². The number of nitrogens with zero attached hydrogens (tertiary/aromatic N) is 1. The van der Waals surface area contributed by atoms with Crippen LogP contribution in [0.3, 0.4) is 0 Å². The molecule has 0 aliphatic rings. The minimum atomic E-state index is -0.999. The third-order valence-electron chi connectivity index (χ3n) is 2.69. The molecular weight excluding hydrogens is 306 g/mol. The zero-order valence-electron chi connectivity index (χ0n) is 13.4. The van der Waals surface area contributed by atoms with Crippen LogP contribution >= 0.6 is 0 Å². The lowest BCUT2D eigenvalue weighted by molar-refractivity contribution is -0.146. The van der Waals surface area contributed by atoms with Crippen molar-refractivity contribution in [2.24, 2.45) is 0 Å². The number of aromatic nitrogens is 1. The van der Waals surface area contributed by atoms with Gasteiger partial charge in [-0.1, -0.05) is 0 Å². The summed E-state index contributed by atoms with van der Waals surface area (Å²) in [6.45, 7) is 3.22. The molecule has 8 nitrogen and oxygen atoms in total. The Morgan fingerprint density at radius 1 is 1.04 bits per heavy atom. The Morgan fingerprint density at radius 3 is 2.04 bits per heavy atom. The fourth-order valence-corrected chi connectivity index (χ4v) is 1.69. The number of ether oxygens (including phenoxy) is 4. The highest BCUT2D eigenvalue weighted by Crippen LogP contribution is 2.28. The highest BCUT2D eigenvalue weighted by atomic mass is 16.6. The molecule has 0 aromatic carbocycles. The van der Waals surface area contributed by atoms with Crippen molar-refractivity contribution in [3.05, 3.63) is 23.3 Å². The van der Waals surface area contributed by atoms with E-state index in [4.69, 9.17) is 18.9 Å². The molecule has 0 aliphatic heterocycles. The zero-order chi connectivity index (χ0) is 17.4. The molecule has 0 saturated carbocycles. The summed E-state index contributed by atoms with van der Waals surface area (Å²) < 4.78 is 19.6. The number of pyridine rings is 1. The first-order valence-electron chi connectivity index (χ1n) is 6.86. The third kappa shape index (κ3) is 4.35. The molecule has 0 atom stereocenters. The summed E-state index contributed by atoms with van der Waals surface area (Å²) in [6.07, 6.45) is 0. The molecular formula is C15H19NO7. The van der Waals surface area contributed by atoms with Crippen LogP contribution < -0.4 is 9.47 Å². The maximum absolute atomic E-state index is 12.0. The van der Waals surface area contributed by atoms with Crippen molar-refractivity contribution < 1.29 is 33.6 Å². The van der Waals surface area contributed by atoms with Crippen LogP contribution in [0, 0.1) is 0 Å². The molecule has 1 rings (SSSR count). The van der Waals surface area contributed by atoms with Crippen LogP contribution in [-0.2, 0) is 19.1 Å². The molecule has 1 aromatic heterocycles. The lowest BCUT2D eigenvalue weighted by atomic mass is 10.1. The number of carbonyl (C=O) groups excluding carboxylic acids is 2. The Balaban J connectivity index is 3.45. The summed E-state index contributed by atoms with van der Waals surface area (Å²) in [4.78, 5) is 27.9. The van der Waals surface area contributed by atoms with Gasteiger partial charge in [-0.05, 0) is 19.9 Å². The van der Waals surface area contributed by atoms with Crippen LogP contribution in [0.4, 0.5) is 0 Å². The summed E-state index contributed by atoms with van der Waals surface area (Å²) in [5, 5.41) is 10.4. The molecule has 1 N–H and O–H groups in total. The molecule has 0 spiro atoms. The van der Waals surface area contributed by atoms with E-state index in [0.717, 1.165) is 0 Å². The molecule has 126 valence electrons. The van der Waals surface area contributed by atoms with Gasteiger partial charge in [0.2, 0.25) is 11.8 Å². The van der Waals surface area contributed by atoms with Crippen molar-refractivity contribution in [2.75, 3.05) is 27.4 Å². The fourth-order valence-electron chi connectivity index (χ4n) is 1.69. The first kappa shape index (κ1) is 18.3. The first-order chi connectivity index (χ1) is 11.0. The maximum Gasteiger partial charge on any atom is 0.349 e. The van der Waals surface area contributed by atoms with Crippen molar-refractivity contribution in [1.82, 2.24) is 4.98 Å². The van der Waals surface area contributed by atoms with Gasteiger partial charge < -0.3 is 24.1 Å². The predicted molar refractivity (Wildman–Crippen MR) is 80.2 cm³/mol. The molecule has 0 radical (unpaired) electrons. The second-order valence-corrected chi connectivity index (χ2v) is 4.07. The largest absolute Gasteiger partial charge is 0.506 e. The number of carbonyl (C=O) groups is 2. The molecule has 8 heteroatoms. The van der Waals surface area contributed by atoms with Crippen molar-refractivity contribution in [3.63, 3.8) is 0 Å². The van der Waals surface area contributed by atoms with Gasteiger partial charge in [0.15, 0.2) is 5.57 Å². The van der Waals surface area contributed by atoms with Crippen molar-refractivity contribution in [2.45, 2.75) is 13.8 Å². The smallest absolute Gasteiger partial charge is 0.349 e. The number of aliphatic hydroxyl groups excluding tert-OH is 1. The zero-order valence-corrected chi connectivity index (χ0v) is 13.4. The van der Waals surface area contributed by atoms with Gasteiger partial charge in [-0.15, -0.1) is 0 Å². The molecule has 0 bridgehead atoms. The van der Waals surface area contributed by atoms with E-state index in [1.807, 2.05) is 0 Å². The molecule has 1 aromatic rings. The molecule has 23 heavy (non-hydrogen) atoms. The second kappa shape index (κ2) is 8.62. The van der Waals surface area contributed by atoms with Crippen LogP contribution in [0.5, 0.6) is 11.8 Å². The Bertz CT molecular complexity index is 590. The summed E-state index contributed by atoms with van der Waals surface area (Å²) in [7, 11) is 2.74. The third-order valence-corrected chi connectivity index (χ3v) is 2.69. The molecule has 0 fully saturated rings. The average molecular weight is 325 g/mol. The number of esters is 2. The van der Waals surface area contributed by atoms with Gasteiger partial charge in [0.05, 0.1) is 33.0 Å². The summed E-state index contributed by atoms with van der Waals surface area (Å²) >= 11 is 0. The summed E-state index contributed by atoms with van der Waals surface area (Å²) in [5.74, 6) is -2.42. The SMILES string of the molecule is CCOC(=O)C(C(=O)OCC)=C(O)c1ccc(OC)nc1OC. The number of hydrogen-bond acceptors (Lipinski definition) is 8. The van der Waals surface area contributed by atoms with Gasteiger partial charge in [-0.25, -0.2) is 9.59 Å². The number of rotatable bonds is 7. The highest BCUT2D eigenvalue weighted by molar-refractivity contribution is 6.19. The summed E-state index contributed by atoms with van der Waals surface area (Å²) in [6, 6.07) is 2.85. The van der Waals surface area contributed by atoms with Crippen LogP contribution in [0.2, 0.25) is 0 Å². The Hall–Kier alpha value is -2.77. The lowest BCUT2D eigenvalue weighted by Crippen LogP contribution is -2.20. The maximum atomic E-state index is 12.0. The predicted octanol–water partition coefficient (Wildman–Crippen LogP) is 1.49. The lowest BCUT2D eigenvalue weighted by Gasteiger charge is -2.12. The fraction of sp³-hybridized carbons (Fsp3) is 0.400. The van der Waals surface area contributed by atoms with Crippen LogP contribution in [-0.4, -0.2) is 49.5 Å². The monoisotopic (exact) mass is 325 g/mol. The summed E-state index contributed by atoms with van der Waals surface area (Å²) in [5.41, 5.74) is -0.594. The molecule has 0 amide bonds. The van der Waals surface area contributed by atoms with Gasteiger partial charge in [0.1, 0.15) is 5.76 Å². The minimum Gasteiger partial charge on any atom is -0.506 e. The molecule has 0 saturated heterocycles. The topological polar surface area (TPSA) is 104 Å². The van der Waals surface area contributed by atoms with Crippen molar-refractivity contribution >= 4 is 17.7 Å². The van der Waals surface area contributed by atoms with Crippen molar-refractivity contribution in [3.8, 4) is 11.8 Å². The van der Waals surface area contributed by atoms with E-state index < -0.39 is 23.3 Å². The Labute approximate surface area is 133 Å². The number of methoxy groups -OCH3 is 2. The van der Waals surface area contributed by atoms with Crippen molar-refractivity contribution in [1.29, 1.82) is 0 Å². The standard InChI is InChI=1S/C15H19NO7/c1-5-22-14(18)11(15(19)23-6-2)12(17)9-7-8-10(20-3)16-13(9)21-4/h7-8,17H,5-6H2,1-4H3. The van der Waals surface area contributed by atoms with E-state index in [2.05, 4.69) is 4.98 Å². The average Bonchev–Trinajstić information content (AvgIpc) is 2.54. The molecule has 1 heterocycles. The van der Waals surface area contributed by atoms with E-state index in [0.29, 0.717) is 0 Å². The van der Waals surface area contributed by atoms with E-state index in [1.54, 1.807) is 13.8 Å². The second-order valence-electron chi connectivity index (χ2n) is 4.07. The Kier molecular flexibility index (Phi) is 6.85. The van der Waals surface area contributed by atoms with Gasteiger partial charge in [0, 0.05) is 6.07 Å². The van der Waals surface area contributed by atoms with Crippen LogP contribution in [0.15, 0.2) is 17.7 Å². The quantitative estimate of drug-likeness (QED) is 0.264. The van der Waals surface area contributed by atoms with Crippen LogP contribution in [0.25, 0.3) is 5.76 Å². The van der Waals surface area contributed by atoms with Gasteiger partial charge in [-0.3, -0.25) is 0 Å². The van der Waals surface area contributed by atoms with Gasteiger partial charge in [0.25, 0.3) is 0 Å². The van der Waals surface area contributed by atoms with E-state index in [9.17, 15) is 14.7 Å². The van der Waals surface area contributed by atoms with E-state index in [1.165, 1.54) is 26.4 Å². The van der Waals surface area contributed by atoms with E-state index >= 15 is 0 Å². The Morgan fingerprint density at radius 2 is 1.61 bits per heavy atom. The van der Waals surface area contributed by atoms with Gasteiger partial charge in [-0.2, -0.15) is 4.98 Å². The molecule has 0 aliphatic carbocycles. The number of hydrogen-bond donors (Lipinski definition) is 1. The normalized spacial score (nSPS) is 9.74. The number of aliphatic hydroxyl groups is 1.